The summed E-state index contributed by atoms with van der Waals surface area (Å²) in [6, 6.07) is 0.485. The van der Waals surface area contributed by atoms with Crippen molar-refractivity contribution >= 4 is 5.69 Å². The van der Waals surface area contributed by atoms with Gasteiger partial charge in [-0.15, -0.1) is 0 Å². The Morgan fingerprint density at radius 3 is 3.21 bits per heavy atom. The predicted octanol–water partition coefficient (Wildman–Crippen LogP) is -0.423. The first-order valence-electron chi connectivity index (χ1n) is 4.80. The van der Waals surface area contributed by atoms with Gasteiger partial charge in [0.05, 0.1) is 6.33 Å². The summed E-state index contributed by atoms with van der Waals surface area (Å²) in [4.78, 5) is 14.6. The molecule has 0 radical (unpaired) electrons. The minimum absolute atomic E-state index is 0.213. The van der Waals surface area contributed by atoms with Crippen molar-refractivity contribution in [3.8, 4) is 0 Å². The average molecular weight is 194 g/mol. The van der Waals surface area contributed by atoms with Crippen LogP contribution in [0.4, 0.5) is 5.69 Å². The second-order valence-electron chi connectivity index (χ2n) is 3.62. The van der Waals surface area contributed by atoms with Crippen LogP contribution < -0.4 is 16.6 Å². The van der Waals surface area contributed by atoms with Crippen LogP contribution in [0.1, 0.15) is 12.8 Å². The van der Waals surface area contributed by atoms with Crippen molar-refractivity contribution in [2.45, 2.75) is 25.4 Å². The molecule has 0 saturated carbocycles. The molecule has 1 unspecified atom stereocenters. The third kappa shape index (κ3) is 1.93. The zero-order valence-corrected chi connectivity index (χ0v) is 7.94. The average Bonchev–Trinajstić information content (AvgIpc) is 2.64. The Kier molecular flexibility index (Phi) is 2.49. The highest BCUT2D eigenvalue weighted by Gasteiger charge is 2.13. The molecule has 1 fully saturated rings. The van der Waals surface area contributed by atoms with E-state index in [0.29, 0.717) is 6.04 Å². The summed E-state index contributed by atoms with van der Waals surface area (Å²) in [6.07, 6.45) is 5.58. The molecule has 0 spiro atoms. The van der Waals surface area contributed by atoms with Crippen LogP contribution in [0, 0.1) is 0 Å². The molecule has 76 valence electrons. The lowest BCUT2D eigenvalue weighted by Gasteiger charge is -2.12. The van der Waals surface area contributed by atoms with Gasteiger partial charge in [0.1, 0.15) is 5.69 Å². The molecule has 14 heavy (non-hydrogen) atoms. The number of nitrogens with one attached hydrogen (secondary N) is 1. The number of aromatic nitrogens is 2. The number of nitrogens with two attached hydrogens (primary N) is 1. The fraction of sp³-hybridized carbons (Fsp3) is 0.556. The monoisotopic (exact) mass is 194 g/mol. The summed E-state index contributed by atoms with van der Waals surface area (Å²) in [5.41, 5.74) is 5.35. The number of nitrogens with zero attached hydrogens (tertiary/aromatic N) is 2. The molecule has 0 aromatic carbocycles. The minimum Gasteiger partial charge on any atom is -0.393 e. The van der Waals surface area contributed by atoms with Crippen molar-refractivity contribution in [1.29, 1.82) is 0 Å². The molecular formula is C9H14N4O. The lowest BCUT2D eigenvalue weighted by atomic mass is 10.2. The van der Waals surface area contributed by atoms with Gasteiger partial charge in [0.15, 0.2) is 0 Å². The van der Waals surface area contributed by atoms with Crippen LogP contribution in [-0.4, -0.2) is 22.1 Å². The second kappa shape index (κ2) is 3.79. The van der Waals surface area contributed by atoms with Gasteiger partial charge < -0.3 is 15.6 Å². The van der Waals surface area contributed by atoms with Crippen molar-refractivity contribution in [3.05, 3.63) is 22.9 Å². The fourth-order valence-electron chi connectivity index (χ4n) is 1.74. The van der Waals surface area contributed by atoms with Crippen LogP contribution in [0.15, 0.2) is 17.3 Å². The van der Waals surface area contributed by atoms with Crippen molar-refractivity contribution in [1.82, 2.24) is 14.9 Å². The van der Waals surface area contributed by atoms with Gasteiger partial charge in [-0.3, -0.25) is 4.79 Å². The minimum atomic E-state index is -0.347. The van der Waals surface area contributed by atoms with Gasteiger partial charge in [-0.05, 0) is 19.4 Å². The standard InChI is InChI=1S/C9H14N4O/c10-8-5-13(6-12-9(8)14)4-7-2-1-3-11-7/h5-7,11H,1-4,10H2. The maximum absolute atomic E-state index is 10.9. The van der Waals surface area contributed by atoms with Crippen LogP contribution in [0.5, 0.6) is 0 Å². The van der Waals surface area contributed by atoms with E-state index in [4.69, 9.17) is 5.73 Å². The van der Waals surface area contributed by atoms with Gasteiger partial charge >= 0.3 is 0 Å². The summed E-state index contributed by atoms with van der Waals surface area (Å²) in [6.45, 7) is 1.91. The lowest BCUT2D eigenvalue weighted by molar-refractivity contribution is 0.503. The molecule has 0 amide bonds. The van der Waals surface area contributed by atoms with E-state index in [0.717, 1.165) is 13.1 Å². The normalized spacial score (nSPS) is 21.3. The predicted molar refractivity (Wildman–Crippen MR) is 53.9 cm³/mol. The number of hydrogen-bond donors (Lipinski definition) is 2. The Labute approximate surface area is 82.0 Å². The van der Waals surface area contributed by atoms with Crippen molar-refractivity contribution in [3.63, 3.8) is 0 Å². The van der Waals surface area contributed by atoms with E-state index in [1.54, 1.807) is 12.5 Å². The molecule has 0 bridgehead atoms. The summed E-state index contributed by atoms with van der Waals surface area (Å²) < 4.78 is 1.86. The zero-order chi connectivity index (χ0) is 9.97. The maximum atomic E-state index is 10.9. The molecule has 2 rings (SSSR count). The highest BCUT2D eigenvalue weighted by atomic mass is 16.1. The molecule has 2 heterocycles. The maximum Gasteiger partial charge on any atom is 0.295 e. The second-order valence-corrected chi connectivity index (χ2v) is 3.62. The molecule has 1 aromatic heterocycles. The summed E-state index contributed by atoms with van der Waals surface area (Å²) in [5, 5.41) is 3.37. The number of anilines is 1. The Balaban J connectivity index is 2.09. The van der Waals surface area contributed by atoms with E-state index in [-0.39, 0.29) is 11.2 Å². The van der Waals surface area contributed by atoms with Crippen molar-refractivity contribution < 1.29 is 0 Å². The van der Waals surface area contributed by atoms with Crippen molar-refractivity contribution in [2.75, 3.05) is 12.3 Å². The summed E-state index contributed by atoms with van der Waals surface area (Å²) >= 11 is 0. The van der Waals surface area contributed by atoms with E-state index in [2.05, 4.69) is 10.3 Å². The van der Waals surface area contributed by atoms with Gasteiger partial charge in [0, 0.05) is 18.8 Å². The Morgan fingerprint density at radius 1 is 1.71 bits per heavy atom. The lowest BCUT2D eigenvalue weighted by Crippen LogP contribution is -2.28. The highest BCUT2D eigenvalue weighted by Crippen LogP contribution is 2.07. The molecule has 3 N–H and O–H groups in total. The first kappa shape index (κ1) is 9.21. The van der Waals surface area contributed by atoms with Crippen LogP contribution in [-0.2, 0) is 6.54 Å². The fourth-order valence-corrected chi connectivity index (χ4v) is 1.74. The zero-order valence-electron chi connectivity index (χ0n) is 7.94. The summed E-state index contributed by atoms with van der Waals surface area (Å²) in [7, 11) is 0. The van der Waals surface area contributed by atoms with Crippen LogP contribution >= 0.6 is 0 Å². The van der Waals surface area contributed by atoms with Crippen LogP contribution in [0.3, 0.4) is 0 Å². The number of nitrogen functional groups attached to an aromatic ring is 1. The first-order chi connectivity index (χ1) is 6.75. The first-order valence-corrected chi connectivity index (χ1v) is 4.80. The van der Waals surface area contributed by atoms with Gasteiger partial charge in [0.2, 0.25) is 0 Å². The Morgan fingerprint density at radius 2 is 2.57 bits per heavy atom. The van der Waals surface area contributed by atoms with Gasteiger partial charge in [0.25, 0.3) is 5.56 Å². The molecular weight excluding hydrogens is 180 g/mol. The van der Waals surface area contributed by atoms with Gasteiger partial charge in [-0.1, -0.05) is 0 Å². The quantitative estimate of drug-likeness (QED) is 0.670. The molecule has 0 aliphatic carbocycles. The molecule has 1 aliphatic rings. The number of hydrogen-bond acceptors (Lipinski definition) is 4. The van der Waals surface area contributed by atoms with E-state index in [1.165, 1.54) is 12.8 Å². The molecule has 1 aromatic rings. The molecule has 5 nitrogen and oxygen atoms in total. The Bertz CT molecular complexity index is 367. The third-order valence-electron chi connectivity index (χ3n) is 2.47. The SMILES string of the molecule is Nc1cn(CC2CCCN2)cnc1=O. The van der Waals surface area contributed by atoms with E-state index < -0.39 is 0 Å². The molecule has 1 aliphatic heterocycles. The van der Waals surface area contributed by atoms with Crippen LogP contribution in [0.2, 0.25) is 0 Å². The Hall–Kier alpha value is -1.36. The molecule has 1 atom stereocenters. The molecule has 5 heteroatoms. The summed E-state index contributed by atoms with van der Waals surface area (Å²) in [5.74, 6) is 0. The van der Waals surface area contributed by atoms with Gasteiger partial charge in [-0.25, -0.2) is 0 Å². The van der Waals surface area contributed by atoms with E-state index in [1.807, 2.05) is 4.57 Å². The van der Waals surface area contributed by atoms with Crippen molar-refractivity contribution in [2.24, 2.45) is 0 Å². The van der Waals surface area contributed by atoms with Gasteiger partial charge in [-0.2, -0.15) is 4.98 Å². The molecule has 1 saturated heterocycles. The third-order valence-corrected chi connectivity index (χ3v) is 2.47. The highest BCUT2D eigenvalue weighted by molar-refractivity contribution is 5.30. The smallest absolute Gasteiger partial charge is 0.295 e. The van der Waals surface area contributed by atoms with Crippen LogP contribution in [0.25, 0.3) is 0 Å². The van der Waals surface area contributed by atoms with E-state index >= 15 is 0 Å². The topological polar surface area (TPSA) is 72.9 Å². The number of rotatable bonds is 2. The van der Waals surface area contributed by atoms with E-state index in [9.17, 15) is 4.79 Å². The largest absolute Gasteiger partial charge is 0.393 e.